The lowest BCUT2D eigenvalue weighted by Gasteiger charge is -2.49. The third-order valence-electron chi connectivity index (χ3n) is 8.51. The monoisotopic (exact) mass is 631 g/mol. The number of hydrogen-bond donors (Lipinski definition) is 2. The highest BCUT2D eigenvalue weighted by atomic mass is 35.5. The second-order valence-electron chi connectivity index (χ2n) is 10.9. The molecule has 2 fully saturated rings. The SMILES string of the molecule is CCOc1ncccc1-c1ccc2c(n1)CN([C@@H]1CCNC1)C(=O)C21CCN(c2ccc(Cl)cc2C(F)(F)F)CC1.O=CO. The van der Waals surface area contributed by atoms with Crippen LogP contribution in [0.4, 0.5) is 18.9 Å². The average molecular weight is 632 g/mol. The Balaban J connectivity index is 0.00000123. The number of alkyl halides is 3. The molecule has 1 aromatic carbocycles. The standard InChI is InChI=1S/C30H31ClF3N5O2.CH2O2/c1-2-41-27-21(4-3-12-36-27)24-7-6-22-25(37-24)18-39(20-9-13-35-17-20)28(40)29(22)10-14-38(15-11-29)26-8-5-19(31)16-23(26)30(32,33)34;2-1-3/h3-8,12,16,20,35H,2,9-11,13-15,17-18H2,1H3;1H,(H,2,3)/t20-;/m1./s1. The van der Waals surface area contributed by atoms with Crippen molar-refractivity contribution in [2.45, 2.75) is 50.4 Å². The van der Waals surface area contributed by atoms with Crippen LogP contribution in [0.2, 0.25) is 5.02 Å². The van der Waals surface area contributed by atoms with E-state index in [1.807, 2.05) is 36.1 Å². The molecule has 0 saturated carbocycles. The van der Waals surface area contributed by atoms with Gasteiger partial charge in [-0.15, -0.1) is 0 Å². The highest BCUT2D eigenvalue weighted by Crippen LogP contribution is 2.46. The number of carbonyl (C=O) groups excluding carboxylic acids is 1. The molecular formula is C31H33ClF3N5O4. The van der Waals surface area contributed by atoms with Gasteiger partial charge in [0.25, 0.3) is 6.47 Å². The molecule has 0 bridgehead atoms. The molecule has 1 amide bonds. The van der Waals surface area contributed by atoms with Gasteiger partial charge in [-0.1, -0.05) is 17.7 Å². The van der Waals surface area contributed by atoms with Crippen LogP contribution in [0.3, 0.4) is 0 Å². The molecule has 5 heterocycles. The number of fused-ring (bicyclic) bond motifs is 2. The summed E-state index contributed by atoms with van der Waals surface area (Å²) in [5, 5.41) is 10.3. The van der Waals surface area contributed by atoms with Crippen LogP contribution in [0.15, 0.2) is 48.7 Å². The largest absolute Gasteiger partial charge is 0.483 e. The number of rotatable bonds is 5. The maximum absolute atomic E-state index is 14.3. The number of amides is 1. The van der Waals surface area contributed by atoms with Crippen molar-refractivity contribution in [2.24, 2.45) is 0 Å². The first-order chi connectivity index (χ1) is 21.1. The van der Waals surface area contributed by atoms with E-state index in [1.165, 1.54) is 12.1 Å². The Morgan fingerprint density at radius 2 is 1.95 bits per heavy atom. The molecule has 3 aliphatic rings. The molecular weight excluding hydrogens is 599 g/mol. The maximum Gasteiger partial charge on any atom is 0.418 e. The lowest BCUT2D eigenvalue weighted by molar-refractivity contribution is -0.143. The summed E-state index contributed by atoms with van der Waals surface area (Å²) in [4.78, 5) is 35.7. The van der Waals surface area contributed by atoms with Crippen LogP contribution in [0.5, 0.6) is 5.88 Å². The summed E-state index contributed by atoms with van der Waals surface area (Å²) < 4.78 is 47.4. The smallest absolute Gasteiger partial charge is 0.418 e. The second-order valence-corrected chi connectivity index (χ2v) is 11.3. The Bertz CT molecular complexity index is 1510. The summed E-state index contributed by atoms with van der Waals surface area (Å²) in [6.45, 7) is 4.64. The van der Waals surface area contributed by atoms with E-state index in [9.17, 15) is 18.0 Å². The second kappa shape index (κ2) is 13.0. The van der Waals surface area contributed by atoms with Gasteiger partial charge in [-0.2, -0.15) is 13.2 Å². The van der Waals surface area contributed by atoms with Gasteiger partial charge >= 0.3 is 6.18 Å². The summed E-state index contributed by atoms with van der Waals surface area (Å²) in [6.07, 6.45) is -1.25. The minimum absolute atomic E-state index is 0.0368. The molecule has 2 saturated heterocycles. The Labute approximate surface area is 258 Å². The van der Waals surface area contributed by atoms with Crippen LogP contribution < -0.4 is 15.0 Å². The van der Waals surface area contributed by atoms with E-state index >= 15 is 0 Å². The number of ether oxygens (including phenoxy) is 1. The number of nitrogens with one attached hydrogen (secondary N) is 1. The topological polar surface area (TPSA) is 108 Å². The molecule has 2 N–H and O–H groups in total. The number of carbonyl (C=O) groups is 2. The first kappa shape index (κ1) is 31.5. The lowest BCUT2D eigenvalue weighted by Crippen LogP contribution is -2.58. The van der Waals surface area contributed by atoms with Crippen molar-refractivity contribution in [1.29, 1.82) is 0 Å². The fraction of sp³-hybridized carbons (Fsp3) is 0.419. The molecule has 6 rings (SSSR count). The number of carboxylic acid groups (broad SMARTS) is 1. The van der Waals surface area contributed by atoms with Gasteiger partial charge in [-0.05, 0) is 74.7 Å². The predicted molar refractivity (Wildman–Crippen MR) is 159 cm³/mol. The normalized spacial score (nSPS) is 19.3. The molecule has 2 aromatic heterocycles. The Hall–Kier alpha value is -3.90. The Morgan fingerprint density at radius 3 is 2.61 bits per heavy atom. The van der Waals surface area contributed by atoms with Crippen molar-refractivity contribution in [3.8, 4) is 17.1 Å². The maximum atomic E-state index is 14.3. The van der Waals surface area contributed by atoms with Crippen molar-refractivity contribution < 1.29 is 32.6 Å². The first-order valence-corrected chi connectivity index (χ1v) is 14.8. The van der Waals surface area contributed by atoms with Crippen LogP contribution in [0, 0.1) is 0 Å². The first-order valence-electron chi connectivity index (χ1n) is 14.4. The van der Waals surface area contributed by atoms with Gasteiger partial charge in [-0.25, -0.2) is 4.98 Å². The fourth-order valence-corrected chi connectivity index (χ4v) is 6.66. The zero-order chi connectivity index (χ0) is 31.5. The van der Waals surface area contributed by atoms with Gasteiger partial charge < -0.3 is 25.0 Å². The Kier molecular flexibility index (Phi) is 9.31. The van der Waals surface area contributed by atoms with Crippen molar-refractivity contribution >= 4 is 29.7 Å². The number of benzene rings is 1. The van der Waals surface area contributed by atoms with Crippen molar-refractivity contribution in [2.75, 3.05) is 37.7 Å². The molecule has 0 radical (unpaired) electrons. The summed E-state index contributed by atoms with van der Waals surface area (Å²) >= 11 is 5.92. The highest BCUT2D eigenvalue weighted by Gasteiger charge is 2.51. The van der Waals surface area contributed by atoms with Gasteiger partial charge in [0.05, 0.1) is 41.1 Å². The number of piperidine rings is 1. The van der Waals surface area contributed by atoms with E-state index in [0.717, 1.165) is 35.9 Å². The molecule has 1 atom stereocenters. The third kappa shape index (κ3) is 6.05. The molecule has 0 aliphatic carbocycles. The zero-order valence-electron chi connectivity index (χ0n) is 24.1. The third-order valence-corrected chi connectivity index (χ3v) is 8.74. The lowest BCUT2D eigenvalue weighted by atomic mass is 9.68. The van der Waals surface area contributed by atoms with Crippen LogP contribution in [0.25, 0.3) is 11.3 Å². The zero-order valence-corrected chi connectivity index (χ0v) is 24.9. The molecule has 3 aromatic rings. The van der Waals surface area contributed by atoms with Gasteiger partial charge in [0.2, 0.25) is 11.8 Å². The number of pyridine rings is 2. The predicted octanol–water partition coefficient (Wildman–Crippen LogP) is 5.16. The molecule has 1 spiro atoms. The molecule has 13 heteroatoms. The van der Waals surface area contributed by atoms with E-state index in [1.54, 1.807) is 11.1 Å². The van der Waals surface area contributed by atoms with E-state index < -0.39 is 17.2 Å². The van der Waals surface area contributed by atoms with Crippen LogP contribution in [0.1, 0.15) is 43.0 Å². The molecule has 3 aliphatic heterocycles. The minimum Gasteiger partial charge on any atom is -0.483 e. The number of anilines is 1. The van der Waals surface area contributed by atoms with E-state index in [0.29, 0.717) is 57.2 Å². The van der Waals surface area contributed by atoms with Crippen molar-refractivity contribution in [3.63, 3.8) is 0 Å². The molecule has 44 heavy (non-hydrogen) atoms. The Morgan fingerprint density at radius 1 is 1.20 bits per heavy atom. The van der Waals surface area contributed by atoms with Gasteiger partial charge in [-0.3, -0.25) is 14.6 Å². The van der Waals surface area contributed by atoms with Gasteiger partial charge in [0.15, 0.2) is 0 Å². The van der Waals surface area contributed by atoms with E-state index in [4.69, 9.17) is 31.2 Å². The summed E-state index contributed by atoms with van der Waals surface area (Å²) in [6, 6.07) is 11.5. The summed E-state index contributed by atoms with van der Waals surface area (Å²) in [5.41, 5.74) is 1.63. The average Bonchev–Trinajstić information content (AvgIpc) is 3.55. The van der Waals surface area contributed by atoms with E-state index in [2.05, 4.69) is 10.3 Å². The fourth-order valence-electron chi connectivity index (χ4n) is 6.49. The van der Waals surface area contributed by atoms with Gasteiger partial charge in [0, 0.05) is 42.6 Å². The van der Waals surface area contributed by atoms with Crippen LogP contribution >= 0.6 is 11.6 Å². The number of halogens is 4. The molecule has 9 nitrogen and oxygen atoms in total. The van der Waals surface area contributed by atoms with Crippen molar-refractivity contribution in [3.05, 3.63) is 70.5 Å². The summed E-state index contributed by atoms with van der Waals surface area (Å²) in [5.74, 6) is 0.536. The summed E-state index contributed by atoms with van der Waals surface area (Å²) in [7, 11) is 0. The highest BCUT2D eigenvalue weighted by molar-refractivity contribution is 6.30. The quantitative estimate of drug-likeness (QED) is 0.372. The molecule has 0 unspecified atom stereocenters. The van der Waals surface area contributed by atoms with Crippen molar-refractivity contribution in [1.82, 2.24) is 20.2 Å². The molecule has 234 valence electrons. The number of hydrogen-bond acceptors (Lipinski definition) is 7. The number of aromatic nitrogens is 2. The minimum atomic E-state index is -4.54. The number of nitrogens with zero attached hydrogens (tertiary/aromatic N) is 4. The van der Waals surface area contributed by atoms with Crippen LogP contribution in [-0.2, 0) is 27.7 Å². The van der Waals surface area contributed by atoms with Gasteiger partial charge in [0.1, 0.15) is 0 Å². The van der Waals surface area contributed by atoms with E-state index in [-0.39, 0.29) is 29.1 Å². The van der Waals surface area contributed by atoms with Crippen LogP contribution in [-0.4, -0.2) is 71.2 Å².